The monoisotopic (exact) mass is 351 g/mol. The van der Waals surface area contributed by atoms with Gasteiger partial charge in [0.2, 0.25) is 0 Å². The third kappa shape index (κ3) is 5.07. The second-order valence-corrected chi connectivity index (χ2v) is 5.48. The molecule has 0 aromatic heterocycles. The number of ether oxygens (including phenoxy) is 1. The number of anilines is 1. The molecule has 2 aromatic carbocycles. The first-order valence-electron chi connectivity index (χ1n) is 7.42. The minimum Gasteiger partial charge on any atom is -0.449 e. The lowest BCUT2D eigenvalue weighted by molar-refractivity contribution is -0.137. The number of halogens is 3. The smallest absolute Gasteiger partial charge is 0.416 e. The molecule has 2 aromatic rings. The van der Waals surface area contributed by atoms with Gasteiger partial charge >= 0.3 is 12.1 Å². The Balaban J connectivity index is 2.01. The Hall–Kier alpha value is -2.83. The molecule has 0 aliphatic carbocycles. The molecule has 2 rings (SSSR count). The van der Waals surface area contributed by atoms with Crippen molar-refractivity contribution in [2.24, 2.45) is 0 Å². The van der Waals surface area contributed by atoms with E-state index in [-0.39, 0.29) is 11.3 Å². The van der Waals surface area contributed by atoms with Crippen molar-refractivity contribution in [3.05, 3.63) is 65.2 Å². The van der Waals surface area contributed by atoms with Crippen LogP contribution in [0.2, 0.25) is 0 Å². The van der Waals surface area contributed by atoms with Gasteiger partial charge in [0.15, 0.2) is 6.10 Å². The van der Waals surface area contributed by atoms with E-state index in [9.17, 15) is 22.8 Å². The molecule has 1 atom stereocenters. The Bertz CT molecular complexity index is 770. The van der Waals surface area contributed by atoms with Crippen LogP contribution in [0.1, 0.15) is 28.4 Å². The van der Waals surface area contributed by atoms with Crippen LogP contribution in [0.5, 0.6) is 0 Å². The highest BCUT2D eigenvalue weighted by Gasteiger charge is 2.30. The van der Waals surface area contributed by atoms with Gasteiger partial charge in [-0.1, -0.05) is 23.8 Å². The zero-order chi connectivity index (χ0) is 18.6. The maximum atomic E-state index is 12.7. The van der Waals surface area contributed by atoms with Crippen LogP contribution in [0.3, 0.4) is 0 Å². The quantitative estimate of drug-likeness (QED) is 0.840. The van der Waals surface area contributed by atoms with Gasteiger partial charge in [-0.15, -0.1) is 0 Å². The molecule has 132 valence electrons. The third-order valence-electron chi connectivity index (χ3n) is 3.40. The molecule has 0 radical (unpaired) electrons. The Kier molecular flexibility index (Phi) is 5.46. The fraction of sp³-hybridized carbons (Fsp3) is 0.222. The number of alkyl halides is 3. The molecular formula is C18H16F3NO3. The van der Waals surface area contributed by atoms with Crippen molar-refractivity contribution in [3.8, 4) is 0 Å². The first-order valence-corrected chi connectivity index (χ1v) is 7.42. The summed E-state index contributed by atoms with van der Waals surface area (Å²) >= 11 is 0. The number of nitrogens with one attached hydrogen (secondary N) is 1. The van der Waals surface area contributed by atoms with Crippen molar-refractivity contribution in [2.45, 2.75) is 26.1 Å². The van der Waals surface area contributed by atoms with E-state index in [1.807, 2.05) is 6.92 Å². The van der Waals surface area contributed by atoms with Crippen LogP contribution in [0.4, 0.5) is 18.9 Å². The largest absolute Gasteiger partial charge is 0.449 e. The van der Waals surface area contributed by atoms with E-state index in [1.165, 1.54) is 19.1 Å². The highest BCUT2D eigenvalue weighted by Crippen LogP contribution is 2.30. The first-order chi connectivity index (χ1) is 11.7. The van der Waals surface area contributed by atoms with Crippen LogP contribution in [-0.2, 0) is 15.7 Å². The van der Waals surface area contributed by atoms with E-state index < -0.39 is 29.7 Å². The van der Waals surface area contributed by atoms with Gasteiger partial charge in [-0.3, -0.25) is 4.79 Å². The molecule has 1 amide bonds. The topological polar surface area (TPSA) is 55.4 Å². The van der Waals surface area contributed by atoms with Gasteiger partial charge in [0.05, 0.1) is 11.1 Å². The number of carbonyl (C=O) groups is 2. The number of amides is 1. The SMILES string of the molecule is Cc1ccc(C(=O)O[C@@H](C)C(=O)Nc2cccc(C(F)(F)F)c2)cc1. The second-order valence-electron chi connectivity index (χ2n) is 5.48. The van der Waals surface area contributed by atoms with Gasteiger partial charge in [-0.25, -0.2) is 4.79 Å². The van der Waals surface area contributed by atoms with Crippen LogP contribution in [-0.4, -0.2) is 18.0 Å². The minimum atomic E-state index is -4.51. The zero-order valence-corrected chi connectivity index (χ0v) is 13.6. The number of rotatable bonds is 4. The summed E-state index contributed by atoms with van der Waals surface area (Å²) < 4.78 is 43.0. The number of hydrogen-bond acceptors (Lipinski definition) is 3. The number of carbonyl (C=O) groups excluding carboxylic acids is 2. The fourth-order valence-electron chi connectivity index (χ4n) is 1.99. The summed E-state index contributed by atoms with van der Waals surface area (Å²) in [5, 5.41) is 2.30. The molecule has 0 saturated heterocycles. The van der Waals surface area contributed by atoms with Crippen LogP contribution < -0.4 is 5.32 Å². The number of hydrogen-bond donors (Lipinski definition) is 1. The van der Waals surface area contributed by atoms with Crippen LogP contribution in [0.25, 0.3) is 0 Å². The third-order valence-corrected chi connectivity index (χ3v) is 3.40. The highest BCUT2D eigenvalue weighted by molar-refractivity contribution is 5.97. The summed E-state index contributed by atoms with van der Waals surface area (Å²) in [6, 6.07) is 10.8. The van der Waals surface area contributed by atoms with Crippen molar-refractivity contribution in [1.82, 2.24) is 0 Å². The molecule has 4 nitrogen and oxygen atoms in total. The minimum absolute atomic E-state index is 0.0296. The second kappa shape index (κ2) is 7.38. The summed E-state index contributed by atoms with van der Waals surface area (Å²) in [4.78, 5) is 24.0. The van der Waals surface area contributed by atoms with Gasteiger partial charge in [0.1, 0.15) is 0 Å². The fourth-order valence-corrected chi connectivity index (χ4v) is 1.99. The molecule has 0 unspecified atom stereocenters. The van der Waals surface area contributed by atoms with Crippen molar-refractivity contribution >= 4 is 17.6 Å². The molecule has 0 aliphatic heterocycles. The van der Waals surface area contributed by atoms with Crippen molar-refractivity contribution in [1.29, 1.82) is 0 Å². The first kappa shape index (κ1) is 18.5. The van der Waals surface area contributed by atoms with E-state index in [2.05, 4.69) is 5.32 Å². The lowest BCUT2D eigenvalue weighted by Gasteiger charge is -2.14. The maximum Gasteiger partial charge on any atom is 0.416 e. The molecule has 0 bridgehead atoms. The summed E-state index contributed by atoms with van der Waals surface area (Å²) in [5.74, 6) is -1.41. The Morgan fingerprint density at radius 1 is 1.08 bits per heavy atom. The van der Waals surface area contributed by atoms with Gasteiger partial charge < -0.3 is 10.1 Å². The van der Waals surface area contributed by atoms with Crippen LogP contribution in [0.15, 0.2) is 48.5 Å². The average molecular weight is 351 g/mol. The molecule has 0 heterocycles. The summed E-state index contributed by atoms with van der Waals surface area (Å²) in [5.41, 5.74) is 0.337. The summed E-state index contributed by atoms with van der Waals surface area (Å²) in [6.07, 6.45) is -5.67. The molecule has 0 spiro atoms. The predicted octanol–water partition coefficient (Wildman–Crippen LogP) is 4.20. The highest BCUT2D eigenvalue weighted by atomic mass is 19.4. The number of aryl methyl sites for hydroxylation is 1. The number of esters is 1. The Morgan fingerprint density at radius 3 is 2.32 bits per heavy atom. The van der Waals surface area contributed by atoms with E-state index >= 15 is 0 Å². The average Bonchev–Trinajstić information content (AvgIpc) is 2.54. The van der Waals surface area contributed by atoms with Gasteiger partial charge in [0.25, 0.3) is 5.91 Å². The van der Waals surface area contributed by atoms with E-state index in [0.717, 1.165) is 17.7 Å². The van der Waals surface area contributed by atoms with Crippen LogP contribution in [0, 0.1) is 6.92 Å². The molecule has 25 heavy (non-hydrogen) atoms. The standard InChI is InChI=1S/C18H16F3NO3/c1-11-6-8-13(9-7-11)17(24)25-12(2)16(23)22-15-5-3-4-14(10-15)18(19,20)21/h3-10,12H,1-2H3,(H,22,23)/t12-/m0/s1. The molecule has 1 N–H and O–H groups in total. The van der Waals surface area contributed by atoms with Crippen molar-refractivity contribution in [3.63, 3.8) is 0 Å². The van der Waals surface area contributed by atoms with Crippen molar-refractivity contribution < 1.29 is 27.5 Å². The molecular weight excluding hydrogens is 335 g/mol. The van der Waals surface area contributed by atoms with E-state index in [4.69, 9.17) is 4.74 Å². The van der Waals surface area contributed by atoms with E-state index in [1.54, 1.807) is 24.3 Å². The predicted molar refractivity (Wildman–Crippen MR) is 86.1 cm³/mol. The molecule has 0 aliphatic rings. The number of benzene rings is 2. The molecule has 7 heteroatoms. The summed E-state index contributed by atoms with van der Waals surface area (Å²) in [7, 11) is 0. The van der Waals surface area contributed by atoms with Gasteiger partial charge in [-0.05, 0) is 44.2 Å². The summed E-state index contributed by atoms with van der Waals surface area (Å²) in [6.45, 7) is 3.20. The zero-order valence-electron chi connectivity index (χ0n) is 13.6. The van der Waals surface area contributed by atoms with E-state index in [0.29, 0.717) is 0 Å². The Labute approximate surface area is 142 Å². The molecule has 0 fully saturated rings. The lowest BCUT2D eigenvalue weighted by Crippen LogP contribution is -2.30. The normalized spacial score (nSPS) is 12.4. The van der Waals surface area contributed by atoms with Crippen LogP contribution >= 0.6 is 0 Å². The Morgan fingerprint density at radius 2 is 1.72 bits per heavy atom. The van der Waals surface area contributed by atoms with Gasteiger partial charge in [-0.2, -0.15) is 13.2 Å². The van der Waals surface area contributed by atoms with Crippen molar-refractivity contribution in [2.75, 3.05) is 5.32 Å². The lowest BCUT2D eigenvalue weighted by atomic mass is 10.1. The molecule has 0 saturated carbocycles. The van der Waals surface area contributed by atoms with Gasteiger partial charge in [0, 0.05) is 5.69 Å². The maximum absolute atomic E-state index is 12.7.